The number of nitrogens with two attached hydrogens (primary N) is 1. The molecule has 2 aromatic carbocycles. The quantitative estimate of drug-likeness (QED) is 0.579. The summed E-state index contributed by atoms with van der Waals surface area (Å²) in [5.74, 6) is 0.298. The number of nitrogen functional groups attached to an aromatic ring is 1. The van der Waals surface area contributed by atoms with Gasteiger partial charge >= 0.3 is 0 Å². The molecule has 2 aromatic heterocycles. The van der Waals surface area contributed by atoms with Gasteiger partial charge in [-0.25, -0.2) is 4.98 Å². The van der Waals surface area contributed by atoms with Gasteiger partial charge in [-0.1, -0.05) is 48.5 Å². The number of aromatic nitrogens is 3. The van der Waals surface area contributed by atoms with Gasteiger partial charge in [-0.05, 0) is 6.07 Å². The molecule has 0 unspecified atom stereocenters. The van der Waals surface area contributed by atoms with Crippen molar-refractivity contribution < 1.29 is 0 Å². The van der Waals surface area contributed by atoms with Crippen LogP contribution in [-0.2, 0) is 7.05 Å². The predicted octanol–water partition coefficient (Wildman–Crippen LogP) is 3.37. The highest BCUT2D eigenvalue weighted by molar-refractivity contribution is 6.12. The number of anilines is 1. The highest BCUT2D eigenvalue weighted by Gasteiger charge is 2.16. The van der Waals surface area contributed by atoms with Gasteiger partial charge in [0.1, 0.15) is 5.65 Å². The molecule has 0 fully saturated rings. The summed E-state index contributed by atoms with van der Waals surface area (Å²) in [7, 11) is 2.01. The monoisotopic (exact) mass is 274 g/mol. The fourth-order valence-electron chi connectivity index (χ4n) is 2.85. The highest BCUT2D eigenvalue weighted by atomic mass is 15.1. The van der Waals surface area contributed by atoms with Crippen molar-refractivity contribution in [1.82, 2.24) is 14.5 Å². The third-order valence-electron chi connectivity index (χ3n) is 3.81. The van der Waals surface area contributed by atoms with Crippen LogP contribution in [0.5, 0.6) is 0 Å². The van der Waals surface area contributed by atoms with Crippen LogP contribution in [0.4, 0.5) is 5.95 Å². The lowest BCUT2D eigenvalue weighted by Crippen LogP contribution is -1.99. The minimum atomic E-state index is 0.298. The van der Waals surface area contributed by atoms with Crippen molar-refractivity contribution in [3.63, 3.8) is 0 Å². The topological polar surface area (TPSA) is 56.7 Å². The lowest BCUT2D eigenvalue weighted by molar-refractivity contribution is 0.985. The van der Waals surface area contributed by atoms with Crippen LogP contribution in [0.15, 0.2) is 54.6 Å². The molecule has 0 aliphatic carbocycles. The first-order valence-electron chi connectivity index (χ1n) is 6.82. The van der Waals surface area contributed by atoms with Crippen LogP contribution in [0.1, 0.15) is 0 Å². The highest BCUT2D eigenvalue weighted by Crippen LogP contribution is 2.34. The van der Waals surface area contributed by atoms with Gasteiger partial charge in [0.2, 0.25) is 5.95 Å². The molecule has 0 saturated heterocycles. The van der Waals surface area contributed by atoms with Gasteiger partial charge in [0.05, 0.1) is 16.6 Å². The molecular formula is C17H14N4. The van der Waals surface area contributed by atoms with E-state index in [1.807, 2.05) is 49.5 Å². The molecule has 0 aliphatic rings. The summed E-state index contributed by atoms with van der Waals surface area (Å²) in [6.07, 6.45) is 0. The van der Waals surface area contributed by atoms with Gasteiger partial charge in [-0.15, -0.1) is 0 Å². The van der Waals surface area contributed by atoms with Crippen molar-refractivity contribution in [3.05, 3.63) is 54.6 Å². The Balaban J connectivity index is 2.23. The molecule has 102 valence electrons. The van der Waals surface area contributed by atoms with Crippen LogP contribution in [0.2, 0.25) is 0 Å². The first-order chi connectivity index (χ1) is 10.3. The second-order valence-corrected chi connectivity index (χ2v) is 5.07. The summed E-state index contributed by atoms with van der Waals surface area (Å²) in [4.78, 5) is 8.92. The molecule has 4 heteroatoms. The SMILES string of the molecule is Cn1c2ccccc2c2c(-c3ccccc3)nc(N)nc21. The van der Waals surface area contributed by atoms with Gasteiger partial charge in [0.15, 0.2) is 0 Å². The number of para-hydroxylation sites is 1. The zero-order valence-electron chi connectivity index (χ0n) is 11.6. The van der Waals surface area contributed by atoms with Crippen LogP contribution in [0, 0.1) is 0 Å². The van der Waals surface area contributed by atoms with Crippen LogP contribution in [0.3, 0.4) is 0 Å². The molecule has 4 aromatic rings. The van der Waals surface area contributed by atoms with Crippen LogP contribution >= 0.6 is 0 Å². The van der Waals surface area contributed by atoms with Gasteiger partial charge < -0.3 is 10.3 Å². The lowest BCUT2D eigenvalue weighted by Gasteiger charge is -2.05. The summed E-state index contributed by atoms with van der Waals surface area (Å²) in [5.41, 5.74) is 9.84. The Morgan fingerprint density at radius 1 is 0.905 bits per heavy atom. The first kappa shape index (κ1) is 11.9. The third-order valence-corrected chi connectivity index (χ3v) is 3.81. The Bertz CT molecular complexity index is 955. The smallest absolute Gasteiger partial charge is 0.222 e. The second kappa shape index (κ2) is 4.31. The molecule has 4 rings (SSSR count). The Morgan fingerprint density at radius 2 is 1.62 bits per heavy atom. The van der Waals surface area contributed by atoms with Crippen LogP contribution < -0.4 is 5.73 Å². The summed E-state index contributed by atoms with van der Waals surface area (Å²) in [6, 6.07) is 18.3. The van der Waals surface area contributed by atoms with Crippen LogP contribution in [0.25, 0.3) is 33.2 Å². The Kier molecular flexibility index (Phi) is 2.44. The summed E-state index contributed by atoms with van der Waals surface area (Å²) in [6.45, 7) is 0. The number of fused-ring (bicyclic) bond motifs is 3. The molecule has 0 amide bonds. The van der Waals surface area contributed by atoms with Gasteiger partial charge in [0, 0.05) is 18.0 Å². The Morgan fingerprint density at radius 3 is 2.43 bits per heavy atom. The van der Waals surface area contributed by atoms with Gasteiger partial charge in [-0.3, -0.25) is 0 Å². The van der Waals surface area contributed by atoms with E-state index in [-0.39, 0.29) is 0 Å². The maximum Gasteiger partial charge on any atom is 0.222 e. The van der Waals surface area contributed by atoms with Crippen molar-refractivity contribution in [1.29, 1.82) is 0 Å². The number of nitrogens with zero attached hydrogens (tertiary/aromatic N) is 3. The van der Waals surface area contributed by atoms with Crippen molar-refractivity contribution >= 4 is 27.9 Å². The van der Waals surface area contributed by atoms with E-state index in [0.717, 1.165) is 33.2 Å². The zero-order valence-corrected chi connectivity index (χ0v) is 11.6. The average Bonchev–Trinajstić information content (AvgIpc) is 2.81. The van der Waals surface area contributed by atoms with E-state index in [9.17, 15) is 0 Å². The summed E-state index contributed by atoms with van der Waals surface area (Å²) < 4.78 is 2.06. The Labute approximate surface area is 121 Å². The van der Waals surface area contributed by atoms with Gasteiger partial charge in [0.25, 0.3) is 0 Å². The minimum absolute atomic E-state index is 0.298. The third kappa shape index (κ3) is 1.69. The standard InChI is InChI=1S/C17H14N4/c1-21-13-10-6-5-9-12(13)14-15(11-7-3-2-4-8-11)19-17(18)20-16(14)21/h2-10H,1H3,(H2,18,19,20). The summed E-state index contributed by atoms with van der Waals surface area (Å²) >= 11 is 0. The predicted molar refractivity (Wildman–Crippen MR) is 85.9 cm³/mol. The minimum Gasteiger partial charge on any atom is -0.368 e. The maximum atomic E-state index is 5.92. The van der Waals surface area contributed by atoms with E-state index in [4.69, 9.17) is 5.73 Å². The first-order valence-corrected chi connectivity index (χ1v) is 6.82. The molecule has 2 N–H and O–H groups in total. The van der Waals surface area contributed by atoms with E-state index in [1.165, 1.54) is 0 Å². The van der Waals surface area contributed by atoms with E-state index >= 15 is 0 Å². The normalized spacial score (nSPS) is 11.3. The zero-order chi connectivity index (χ0) is 14.4. The number of aryl methyl sites for hydroxylation is 1. The Hall–Kier alpha value is -2.88. The number of hydrogen-bond donors (Lipinski definition) is 1. The molecule has 0 atom stereocenters. The molecule has 0 spiro atoms. The van der Waals surface area contributed by atoms with Gasteiger partial charge in [-0.2, -0.15) is 4.98 Å². The fraction of sp³-hybridized carbons (Fsp3) is 0.0588. The van der Waals surface area contributed by atoms with E-state index in [1.54, 1.807) is 0 Å². The van der Waals surface area contributed by atoms with Crippen molar-refractivity contribution in [2.45, 2.75) is 0 Å². The second-order valence-electron chi connectivity index (χ2n) is 5.07. The number of rotatable bonds is 1. The van der Waals surface area contributed by atoms with E-state index in [2.05, 4.69) is 26.7 Å². The average molecular weight is 274 g/mol. The molecule has 0 radical (unpaired) electrons. The van der Waals surface area contributed by atoms with E-state index < -0.39 is 0 Å². The fourth-order valence-corrected chi connectivity index (χ4v) is 2.85. The van der Waals surface area contributed by atoms with Crippen LogP contribution in [-0.4, -0.2) is 14.5 Å². The van der Waals surface area contributed by atoms with E-state index in [0.29, 0.717) is 5.95 Å². The molecule has 21 heavy (non-hydrogen) atoms. The molecule has 2 heterocycles. The lowest BCUT2D eigenvalue weighted by atomic mass is 10.1. The molecule has 0 saturated carbocycles. The number of hydrogen-bond acceptors (Lipinski definition) is 3. The van der Waals surface area contributed by atoms with Crippen molar-refractivity contribution in [2.75, 3.05) is 5.73 Å². The largest absolute Gasteiger partial charge is 0.368 e. The van der Waals surface area contributed by atoms with Crippen molar-refractivity contribution in [2.24, 2.45) is 7.05 Å². The summed E-state index contributed by atoms with van der Waals surface area (Å²) in [5, 5.41) is 2.20. The molecule has 0 aliphatic heterocycles. The van der Waals surface area contributed by atoms with Crippen molar-refractivity contribution in [3.8, 4) is 11.3 Å². The molecule has 4 nitrogen and oxygen atoms in total. The molecular weight excluding hydrogens is 260 g/mol. The molecule has 0 bridgehead atoms. The number of benzene rings is 2. The maximum absolute atomic E-state index is 5.92.